The predicted octanol–water partition coefficient (Wildman–Crippen LogP) is 1.50. The summed E-state index contributed by atoms with van der Waals surface area (Å²) in [6.07, 6.45) is -0.573. The topological polar surface area (TPSA) is 43.4 Å². The second kappa shape index (κ2) is 3.66. The normalized spacial score (nSPS) is 31.8. The third-order valence-corrected chi connectivity index (χ3v) is 2.34. The Morgan fingerprint density at radius 2 is 1.83 bits per heavy atom. The van der Waals surface area contributed by atoms with Crippen molar-refractivity contribution in [3.8, 4) is 0 Å². The quantitative estimate of drug-likeness (QED) is 0.634. The van der Waals surface area contributed by atoms with Gasteiger partial charge in [-0.15, -0.1) is 0 Å². The number of hydrogen-bond donors (Lipinski definition) is 0. The Labute approximate surface area is 70.1 Å². The van der Waals surface area contributed by atoms with Crippen LogP contribution in [-0.2, 0) is 14.7 Å². The van der Waals surface area contributed by atoms with Gasteiger partial charge in [-0.3, -0.25) is 0 Å². The lowest BCUT2D eigenvalue weighted by Crippen LogP contribution is -2.30. The largest absolute Gasteiger partial charge is 0.437 e. The number of hydrogen-bond acceptors (Lipinski definition) is 3. The molecule has 0 aliphatic heterocycles. The van der Waals surface area contributed by atoms with E-state index in [1.807, 2.05) is 0 Å². The molecular formula is C6H10F2O3S. The van der Waals surface area contributed by atoms with Gasteiger partial charge in [0.2, 0.25) is 0 Å². The minimum absolute atomic E-state index is 0.250. The van der Waals surface area contributed by atoms with E-state index in [1.54, 1.807) is 0 Å². The summed E-state index contributed by atoms with van der Waals surface area (Å²) in [7, 11) is -5.00. The van der Waals surface area contributed by atoms with Gasteiger partial charge in [0.05, 0.1) is 0 Å². The van der Waals surface area contributed by atoms with Crippen LogP contribution in [0.4, 0.5) is 8.28 Å². The molecule has 0 amide bonds. The zero-order valence-corrected chi connectivity index (χ0v) is 7.19. The summed E-state index contributed by atoms with van der Waals surface area (Å²) in [4.78, 5) is 0. The lowest BCUT2D eigenvalue weighted by Gasteiger charge is -2.23. The van der Waals surface area contributed by atoms with Crippen LogP contribution >= 0.6 is 0 Å². The Kier molecular flexibility index (Phi) is 3.00. The molecule has 0 aromatic rings. The Balaban J connectivity index is 2.50. The van der Waals surface area contributed by atoms with Crippen LogP contribution < -0.4 is 0 Å². The van der Waals surface area contributed by atoms with E-state index >= 15 is 0 Å². The summed E-state index contributed by atoms with van der Waals surface area (Å²) in [5.41, 5.74) is 0. The minimum atomic E-state index is -5.00. The zero-order chi connectivity index (χ0) is 9.19. The van der Waals surface area contributed by atoms with Crippen molar-refractivity contribution in [2.24, 2.45) is 0 Å². The van der Waals surface area contributed by atoms with Crippen molar-refractivity contribution in [3.05, 3.63) is 0 Å². The molecule has 0 radical (unpaired) electrons. The van der Waals surface area contributed by atoms with Crippen LogP contribution in [0, 0.1) is 0 Å². The molecule has 0 spiro atoms. The molecule has 12 heavy (non-hydrogen) atoms. The fraction of sp³-hybridized carbons (Fsp3) is 1.00. The summed E-state index contributed by atoms with van der Waals surface area (Å²) in [6.45, 7) is 0. The maximum absolute atomic E-state index is 12.8. The maximum Gasteiger partial charge on any atom is 0.437 e. The van der Waals surface area contributed by atoms with Crippen LogP contribution in [0.25, 0.3) is 0 Å². The summed E-state index contributed by atoms with van der Waals surface area (Å²) < 4.78 is 48.7. The number of rotatable bonds is 2. The standard InChI is InChI=1S/C6H10F2O3S/c7-5-3-1-2-4-6(5)11-12(8,9)10/h5-6H,1-4H2/t5-,6-/m1/s1. The molecule has 0 aromatic carbocycles. The Morgan fingerprint density at radius 3 is 2.33 bits per heavy atom. The zero-order valence-electron chi connectivity index (χ0n) is 6.37. The Hall–Kier alpha value is -0.230. The first kappa shape index (κ1) is 9.85. The monoisotopic (exact) mass is 200 g/mol. The molecule has 1 aliphatic carbocycles. The van der Waals surface area contributed by atoms with Crippen molar-refractivity contribution in [3.63, 3.8) is 0 Å². The van der Waals surface area contributed by atoms with E-state index in [-0.39, 0.29) is 12.8 Å². The average molecular weight is 200 g/mol. The molecule has 0 N–H and O–H groups in total. The highest BCUT2D eigenvalue weighted by Crippen LogP contribution is 2.25. The molecule has 1 aliphatic rings. The van der Waals surface area contributed by atoms with Gasteiger partial charge in [0.25, 0.3) is 0 Å². The highest BCUT2D eigenvalue weighted by atomic mass is 32.3. The van der Waals surface area contributed by atoms with E-state index in [0.29, 0.717) is 12.8 Å². The van der Waals surface area contributed by atoms with E-state index in [0.717, 1.165) is 0 Å². The molecule has 3 nitrogen and oxygen atoms in total. The first-order valence-corrected chi connectivity index (χ1v) is 5.07. The molecule has 1 saturated carbocycles. The van der Waals surface area contributed by atoms with Gasteiger partial charge >= 0.3 is 10.5 Å². The summed E-state index contributed by atoms with van der Waals surface area (Å²) >= 11 is 0. The van der Waals surface area contributed by atoms with E-state index in [9.17, 15) is 16.7 Å². The van der Waals surface area contributed by atoms with Gasteiger partial charge in [0, 0.05) is 0 Å². The minimum Gasteiger partial charge on any atom is -0.245 e. The van der Waals surface area contributed by atoms with Gasteiger partial charge in [-0.05, 0) is 12.8 Å². The van der Waals surface area contributed by atoms with Gasteiger partial charge in [-0.1, -0.05) is 16.7 Å². The van der Waals surface area contributed by atoms with Crippen LogP contribution in [0.2, 0.25) is 0 Å². The molecular weight excluding hydrogens is 190 g/mol. The smallest absolute Gasteiger partial charge is 0.245 e. The number of halogens is 2. The lowest BCUT2D eigenvalue weighted by molar-refractivity contribution is 0.0635. The van der Waals surface area contributed by atoms with Crippen molar-refractivity contribution >= 4 is 10.5 Å². The molecule has 72 valence electrons. The van der Waals surface area contributed by atoms with Crippen molar-refractivity contribution in [2.75, 3.05) is 0 Å². The molecule has 0 heterocycles. The van der Waals surface area contributed by atoms with Gasteiger partial charge in [-0.25, -0.2) is 8.57 Å². The average Bonchev–Trinajstić information content (AvgIpc) is 1.91. The van der Waals surface area contributed by atoms with Gasteiger partial charge in [0.1, 0.15) is 12.3 Å². The second-order valence-corrected chi connectivity index (χ2v) is 3.81. The molecule has 1 fully saturated rings. The molecule has 0 aromatic heterocycles. The van der Waals surface area contributed by atoms with E-state index in [1.165, 1.54) is 0 Å². The SMILES string of the molecule is O=S(=O)(F)O[C@@H]1CCCC[C@H]1F. The predicted molar refractivity (Wildman–Crippen MR) is 38.3 cm³/mol. The highest BCUT2D eigenvalue weighted by Gasteiger charge is 2.29. The molecule has 0 bridgehead atoms. The van der Waals surface area contributed by atoms with Crippen molar-refractivity contribution in [1.82, 2.24) is 0 Å². The van der Waals surface area contributed by atoms with Crippen LogP contribution in [-0.4, -0.2) is 20.7 Å². The van der Waals surface area contributed by atoms with Crippen molar-refractivity contribution < 1.29 is 20.9 Å². The molecule has 6 heteroatoms. The summed E-state index contributed by atoms with van der Waals surface area (Å²) in [5.74, 6) is 0. The van der Waals surface area contributed by atoms with E-state index < -0.39 is 22.8 Å². The summed E-state index contributed by atoms with van der Waals surface area (Å²) in [5, 5.41) is 0. The van der Waals surface area contributed by atoms with Gasteiger partial charge < -0.3 is 0 Å². The van der Waals surface area contributed by atoms with Crippen LogP contribution in [0.1, 0.15) is 25.7 Å². The highest BCUT2D eigenvalue weighted by molar-refractivity contribution is 7.81. The Bertz CT molecular complexity index is 239. The first-order chi connectivity index (χ1) is 5.49. The molecule has 0 unspecified atom stereocenters. The van der Waals surface area contributed by atoms with Crippen molar-refractivity contribution in [2.45, 2.75) is 38.0 Å². The van der Waals surface area contributed by atoms with Crippen LogP contribution in [0.15, 0.2) is 0 Å². The molecule has 1 rings (SSSR count). The van der Waals surface area contributed by atoms with Crippen LogP contribution in [0.3, 0.4) is 0 Å². The van der Waals surface area contributed by atoms with E-state index in [2.05, 4.69) is 4.18 Å². The maximum atomic E-state index is 12.8. The third-order valence-electron chi connectivity index (χ3n) is 1.86. The fourth-order valence-electron chi connectivity index (χ4n) is 1.31. The fourth-order valence-corrected chi connectivity index (χ4v) is 1.82. The van der Waals surface area contributed by atoms with Crippen LogP contribution in [0.5, 0.6) is 0 Å². The molecule has 0 saturated heterocycles. The second-order valence-electron chi connectivity index (χ2n) is 2.83. The first-order valence-electron chi connectivity index (χ1n) is 3.76. The number of alkyl halides is 1. The summed E-state index contributed by atoms with van der Waals surface area (Å²) in [6, 6.07) is 0. The molecule has 2 atom stereocenters. The lowest BCUT2D eigenvalue weighted by atomic mass is 9.96. The Morgan fingerprint density at radius 1 is 1.25 bits per heavy atom. The third kappa shape index (κ3) is 3.02. The van der Waals surface area contributed by atoms with Gasteiger partial charge in [0.15, 0.2) is 0 Å². The van der Waals surface area contributed by atoms with Gasteiger partial charge in [-0.2, -0.15) is 8.42 Å². The van der Waals surface area contributed by atoms with E-state index in [4.69, 9.17) is 0 Å². The van der Waals surface area contributed by atoms with Crippen molar-refractivity contribution in [1.29, 1.82) is 0 Å².